The molecule has 2 aliphatic rings. The standard InChI is InChI=1S/C29H37N7O4/c1-4-40-28(38)34-14-11-21(12-15-34)24-6-5-13-36-25(24)32-27(33-36)31-23-9-7-22(8-10-23)26(37)30-20-29(2,3)35-16-18-39-19-17-35/h5-11,13H,4,12,14-20H2,1-3H3,(H,30,37)(H,31,33). The van der Waals surface area contributed by atoms with Crippen molar-refractivity contribution in [2.45, 2.75) is 32.7 Å². The summed E-state index contributed by atoms with van der Waals surface area (Å²) in [5, 5.41) is 10.9. The summed E-state index contributed by atoms with van der Waals surface area (Å²) < 4.78 is 12.3. The van der Waals surface area contributed by atoms with Crippen molar-refractivity contribution in [3.63, 3.8) is 0 Å². The molecule has 0 aliphatic carbocycles. The summed E-state index contributed by atoms with van der Waals surface area (Å²) in [7, 11) is 0. The van der Waals surface area contributed by atoms with Gasteiger partial charge in [-0.2, -0.15) is 4.98 Å². The molecule has 4 heterocycles. The van der Waals surface area contributed by atoms with Crippen molar-refractivity contribution in [1.82, 2.24) is 29.7 Å². The van der Waals surface area contributed by atoms with Crippen molar-refractivity contribution in [1.29, 1.82) is 0 Å². The fourth-order valence-electron chi connectivity index (χ4n) is 5.02. The number of nitrogens with zero attached hydrogens (tertiary/aromatic N) is 5. The molecule has 1 aromatic carbocycles. The summed E-state index contributed by atoms with van der Waals surface area (Å²) in [5.41, 5.74) is 4.07. The molecule has 2 aliphatic heterocycles. The van der Waals surface area contributed by atoms with Crippen LogP contribution in [0.1, 0.15) is 43.1 Å². The number of hydrogen-bond acceptors (Lipinski definition) is 8. The molecule has 2 aromatic heterocycles. The highest BCUT2D eigenvalue weighted by molar-refractivity contribution is 5.94. The summed E-state index contributed by atoms with van der Waals surface area (Å²) in [6, 6.07) is 11.2. The molecule has 2 N–H and O–H groups in total. The molecule has 0 spiro atoms. The van der Waals surface area contributed by atoms with Crippen molar-refractivity contribution in [2.24, 2.45) is 0 Å². The Hall–Kier alpha value is -3.96. The lowest BCUT2D eigenvalue weighted by atomic mass is 10.0. The second kappa shape index (κ2) is 12.1. The molecular formula is C29H37N7O4. The van der Waals surface area contributed by atoms with Crippen LogP contribution in [-0.4, -0.2) is 94.5 Å². The smallest absolute Gasteiger partial charge is 0.410 e. The Bertz CT molecular complexity index is 1380. The van der Waals surface area contributed by atoms with Crippen LogP contribution in [-0.2, 0) is 9.47 Å². The maximum absolute atomic E-state index is 12.8. The number of morpholine rings is 1. The lowest BCUT2D eigenvalue weighted by Gasteiger charge is -2.40. The van der Waals surface area contributed by atoms with Crippen molar-refractivity contribution in [2.75, 3.05) is 57.9 Å². The van der Waals surface area contributed by atoms with Crippen LogP contribution in [0, 0.1) is 0 Å². The Kier molecular flexibility index (Phi) is 8.32. The fourth-order valence-corrected chi connectivity index (χ4v) is 5.02. The van der Waals surface area contributed by atoms with Gasteiger partial charge in [0.05, 0.1) is 19.8 Å². The quantitative estimate of drug-likeness (QED) is 0.440. The summed E-state index contributed by atoms with van der Waals surface area (Å²) in [6.45, 7) is 11.3. The van der Waals surface area contributed by atoms with Gasteiger partial charge in [0.2, 0.25) is 5.95 Å². The Morgan fingerprint density at radius 1 is 1.10 bits per heavy atom. The van der Waals surface area contributed by atoms with Crippen molar-refractivity contribution in [3.8, 4) is 0 Å². The van der Waals surface area contributed by atoms with Gasteiger partial charge in [0.25, 0.3) is 5.91 Å². The number of amides is 2. The first-order valence-corrected chi connectivity index (χ1v) is 13.8. The Morgan fingerprint density at radius 2 is 1.88 bits per heavy atom. The number of aromatic nitrogens is 3. The van der Waals surface area contributed by atoms with Crippen LogP contribution in [0.25, 0.3) is 11.2 Å². The monoisotopic (exact) mass is 547 g/mol. The average Bonchev–Trinajstić information content (AvgIpc) is 3.39. The van der Waals surface area contributed by atoms with Gasteiger partial charge >= 0.3 is 6.09 Å². The minimum Gasteiger partial charge on any atom is -0.450 e. The lowest BCUT2D eigenvalue weighted by Crippen LogP contribution is -2.55. The molecule has 3 aromatic rings. The molecule has 2 amide bonds. The number of rotatable bonds is 8. The van der Waals surface area contributed by atoms with E-state index < -0.39 is 0 Å². The third kappa shape index (κ3) is 6.26. The normalized spacial score (nSPS) is 16.5. The Morgan fingerprint density at radius 3 is 2.58 bits per heavy atom. The topological polar surface area (TPSA) is 113 Å². The molecule has 0 radical (unpaired) electrons. The highest BCUT2D eigenvalue weighted by Crippen LogP contribution is 2.27. The van der Waals surface area contributed by atoms with Crippen molar-refractivity contribution in [3.05, 3.63) is 59.8 Å². The number of hydrogen-bond donors (Lipinski definition) is 2. The van der Waals surface area contributed by atoms with Gasteiger partial charge in [-0.15, -0.1) is 5.10 Å². The van der Waals surface area contributed by atoms with Crippen molar-refractivity contribution >= 4 is 34.9 Å². The van der Waals surface area contributed by atoms with Crippen LogP contribution < -0.4 is 10.6 Å². The number of anilines is 2. The minimum absolute atomic E-state index is 0.106. The molecule has 40 heavy (non-hydrogen) atoms. The summed E-state index contributed by atoms with van der Waals surface area (Å²) in [5.74, 6) is 0.354. The van der Waals surface area contributed by atoms with Gasteiger partial charge in [0.15, 0.2) is 5.65 Å². The van der Waals surface area contributed by atoms with E-state index in [0.717, 1.165) is 48.8 Å². The van der Waals surface area contributed by atoms with Gasteiger partial charge in [-0.3, -0.25) is 9.69 Å². The van der Waals surface area contributed by atoms with Crippen LogP contribution in [0.15, 0.2) is 48.7 Å². The Labute approximate surface area is 234 Å². The third-order valence-corrected chi connectivity index (χ3v) is 7.40. The first-order valence-electron chi connectivity index (χ1n) is 13.8. The molecule has 11 heteroatoms. The van der Waals surface area contributed by atoms with Gasteiger partial charge in [-0.25, -0.2) is 9.31 Å². The Balaban J connectivity index is 1.21. The van der Waals surface area contributed by atoms with Crippen LogP contribution >= 0.6 is 0 Å². The first-order chi connectivity index (χ1) is 19.3. The van der Waals surface area contributed by atoms with Gasteiger partial charge in [-0.05, 0) is 69.2 Å². The maximum Gasteiger partial charge on any atom is 0.410 e. The third-order valence-electron chi connectivity index (χ3n) is 7.40. The van der Waals surface area contributed by atoms with E-state index in [2.05, 4.69) is 34.5 Å². The van der Waals surface area contributed by atoms with E-state index >= 15 is 0 Å². The summed E-state index contributed by atoms with van der Waals surface area (Å²) >= 11 is 0. The largest absolute Gasteiger partial charge is 0.450 e. The summed E-state index contributed by atoms with van der Waals surface area (Å²) in [6.07, 6.45) is 4.33. The molecule has 11 nitrogen and oxygen atoms in total. The van der Waals surface area contributed by atoms with E-state index in [-0.39, 0.29) is 17.5 Å². The highest BCUT2D eigenvalue weighted by atomic mass is 16.6. The van der Waals surface area contributed by atoms with E-state index in [9.17, 15) is 9.59 Å². The predicted octanol–water partition coefficient (Wildman–Crippen LogP) is 3.56. The highest BCUT2D eigenvalue weighted by Gasteiger charge is 2.28. The maximum atomic E-state index is 12.8. The van der Waals surface area contributed by atoms with E-state index in [1.807, 2.05) is 36.5 Å². The molecule has 5 rings (SSSR count). The number of pyridine rings is 1. The van der Waals surface area contributed by atoms with Gasteiger partial charge in [0.1, 0.15) is 0 Å². The molecule has 212 valence electrons. The molecule has 0 bridgehead atoms. The van der Waals surface area contributed by atoms with Crippen molar-refractivity contribution < 1.29 is 19.1 Å². The zero-order chi connectivity index (χ0) is 28.1. The minimum atomic E-state index is -0.287. The van der Waals surface area contributed by atoms with E-state index in [0.29, 0.717) is 44.2 Å². The van der Waals surface area contributed by atoms with E-state index in [4.69, 9.17) is 14.5 Å². The van der Waals surface area contributed by atoms with E-state index in [1.54, 1.807) is 28.5 Å². The second-order valence-electron chi connectivity index (χ2n) is 10.5. The number of fused-ring (bicyclic) bond motifs is 1. The molecule has 0 saturated carbocycles. The summed E-state index contributed by atoms with van der Waals surface area (Å²) in [4.78, 5) is 33.6. The average molecular weight is 548 g/mol. The zero-order valence-corrected chi connectivity index (χ0v) is 23.4. The number of nitrogens with one attached hydrogen (secondary N) is 2. The molecule has 1 fully saturated rings. The van der Waals surface area contributed by atoms with Crippen LogP contribution in [0.3, 0.4) is 0 Å². The number of ether oxygens (including phenoxy) is 2. The van der Waals surface area contributed by atoms with Crippen LogP contribution in [0.5, 0.6) is 0 Å². The molecule has 0 unspecified atom stereocenters. The molecular weight excluding hydrogens is 510 g/mol. The zero-order valence-electron chi connectivity index (χ0n) is 23.4. The van der Waals surface area contributed by atoms with E-state index in [1.165, 1.54) is 0 Å². The lowest BCUT2D eigenvalue weighted by molar-refractivity contribution is -0.00923. The van der Waals surface area contributed by atoms with Gasteiger partial charge in [0, 0.05) is 61.3 Å². The fraction of sp³-hybridized carbons (Fsp3) is 0.448. The second-order valence-corrected chi connectivity index (χ2v) is 10.5. The van der Waals surface area contributed by atoms with Crippen LogP contribution in [0.4, 0.5) is 16.4 Å². The number of carbonyl (C=O) groups excluding carboxylic acids is 2. The predicted molar refractivity (Wildman–Crippen MR) is 153 cm³/mol. The SMILES string of the molecule is CCOC(=O)N1CC=C(c2cccn3nc(Nc4ccc(C(=O)NCC(C)(C)N5CCOCC5)cc4)nc23)CC1. The molecule has 1 saturated heterocycles. The van der Waals surface area contributed by atoms with Crippen LogP contribution in [0.2, 0.25) is 0 Å². The number of benzene rings is 1. The van der Waals surface area contributed by atoms with Gasteiger partial charge < -0.3 is 25.0 Å². The van der Waals surface area contributed by atoms with Gasteiger partial charge in [-0.1, -0.05) is 6.08 Å². The number of carbonyl (C=O) groups is 2. The first kappa shape index (κ1) is 27.6. The molecule has 0 atom stereocenters.